The second-order valence-corrected chi connectivity index (χ2v) is 4.53. The SMILES string of the molecule is CC1CNCCN1Cc1ccc(C(=O)O)cc1.Cl.Cl. The number of nitrogens with zero attached hydrogens (tertiary/aromatic N) is 1. The van der Waals surface area contributed by atoms with Crippen molar-refractivity contribution in [3.05, 3.63) is 35.4 Å². The van der Waals surface area contributed by atoms with E-state index in [2.05, 4.69) is 17.1 Å². The smallest absolute Gasteiger partial charge is 0.335 e. The molecular weight excluding hydrogens is 287 g/mol. The molecule has 1 aromatic carbocycles. The van der Waals surface area contributed by atoms with Gasteiger partial charge in [0.25, 0.3) is 0 Å². The van der Waals surface area contributed by atoms with Gasteiger partial charge in [-0.15, -0.1) is 24.8 Å². The number of halogens is 2. The van der Waals surface area contributed by atoms with Crippen LogP contribution >= 0.6 is 24.8 Å². The summed E-state index contributed by atoms with van der Waals surface area (Å²) in [5, 5.41) is 12.2. The lowest BCUT2D eigenvalue weighted by Crippen LogP contribution is -2.49. The number of nitrogens with one attached hydrogen (secondary N) is 1. The number of piperazine rings is 1. The molecule has 2 N–H and O–H groups in total. The van der Waals surface area contributed by atoms with Crippen LogP contribution in [0.5, 0.6) is 0 Å². The molecule has 1 atom stereocenters. The van der Waals surface area contributed by atoms with Crippen LogP contribution in [0.2, 0.25) is 0 Å². The molecule has 1 saturated heterocycles. The molecule has 0 saturated carbocycles. The predicted octanol–water partition coefficient (Wildman–Crippen LogP) is 2.02. The Bertz CT molecular complexity index is 398. The maximum absolute atomic E-state index is 10.7. The topological polar surface area (TPSA) is 52.6 Å². The first kappa shape index (κ1) is 18.2. The summed E-state index contributed by atoms with van der Waals surface area (Å²) in [6.07, 6.45) is 0. The minimum absolute atomic E-state index is 0. The maximum Gasteiger partial charge on any atom is 0.335 e. The molecule has 108 valence electrons. The molecule has 0 radical (unpaired) electrons. The van der Waals surface area contributed by atoms with Gasteiger partial charge in [0.2, 0.25) is 0 Å². The van der Waals surface area contributed by atoms with Crippen molar-refractivity contribution in [1.82, 2.24) is 10.2 Å². The van der Waals surface area contributed by atoms with Crippen LogP contribution in [-0.4, -0.2) is 41.7 Å². The number of aromatic carboxylic acids is 1. The molecule has 6 heteroatoms. The molecule has 1 fully saturated rings. The van der Waals surface area contributed by atoms with Gasteiger partial charge in [0.05, 0.1) is 5.56 Å². The molecule has 0 aliphatic carbocycles. The Kier molecular flexibility index (Phi) is 8.02. The van der Waals surface area contributed by atoms with Crippen molar-refractivity contribution in [2.75, 3.05) is 19.6 Å². The Balaban J connectivity index is 0.00000162. The third-order valence-corrected chi connectivity index (χ3v) is 3.23. The van der Waals surface area contributed by atoms with Crippen LogP contribution in [0.15, 0.2) is 24.3 Å². The van der Waals surface area contributed by atoms with E-state index in [4.69, 9.17) is 5.11 Å². The fourth-order valence-electron chi connectivity index (χ4n) is 2.11. The van der Waals surface area contributed by atoms with Crippen molar-refractivity contribution < 1.29 is 9.90 Å². The second kappa shape index (κ2) is 8.38. The summed E-state index contributed by atoms with van der Waals surface area (Å²) in [6, 6.07) is 7.67. The van der Waals surface area contributed by atoms with Crippen LogP contribution in [-0.2, 0) is 6.54 Å². The van der Waals surface area contributed by atoms with E-state index in [0.717, 1.165) is 26.2 Å². The summed E-state index contributed by atoms with van der Waals surface area (Å²) in [6.45, 7) is 6.19. The lowest BCUT2D eigenvalue weighted by molar-refractivity contribution is 0.0697. The van der Waals surface area contributed by atoms with E-state index in [1.54, 1.807) is 12.1 Å². The summed E-state index contributed by atoms with van der Waals surface area (Å²) in [5.74, 6) is -0.868. The molecule has 0 bridgehead atoms. The molecule has 4 nitrogen and oxygen atoms in total. The number of hydrogen-bond donors (Lipinski definition) is 2. The molecule has 1 aliphatic rings. The van der Waals surface area contributed by atoms with Crippen LogP contribution < -0.4 is 5.32 Å². The van der Waals surface area contributed by atoms with Gasteiger partial charge in [0, 0.05) is 32.2 Å². The zero-order chi connectivity index (χ0) is 12.3. The van der Waals surface area contributed by atoms with Crippen LogP contribution in [0.1, 0.15) is 22.8 Å². The number of carbonyl (C=O) groups is 1. The van der Waals surface area contributed by atoms with E-state index in [1.807, 2.05) is 12.1 Å². The van der Waals surface area contributed by atoms with Crippen LogP contribution in [0.4, 0.5) is 0 Å². The average molecular weight is 307 g/mol. The molecule has 0 spiro atoms. The normalized spacial score (nSPS) is 19.1. The van der Waals surface area contributed by atoms with Gasteiger partial charge in [-0.2, -0.15) is 0 Å². The number of hydrogen-bond acceptors (Lipinski definition) is 3. The highest BCUT2D eigenvalue weighted by molar-refractivity contribution is 5.87. The van der Waals surface area contributed by atoms with Gasteiger partial charge in [-0.3, -0.25) is 4.90 Å². The largest absolute Gasteiger partial charge is 0.478 e. The fraction of sp³-hybridized carbons (Fsp3) is 0.462. The highest BCUT2D eigenvalue weighted by atomic mass is 35.5. The summed E-state index contributed by atoms with van der Waals surface area (Å²) < 4.78 is 0. The van der Waals surface area contributed by atoms with Crippen LogP contribution in [0.3, 0.4) is 0 Å². The van der Waals surface area contributed by atoms with Crippen molar-refractivity contribution >= 4 is 30.8 Å². The second-order valence-electron chi connectivity index (χ2n) is 4.53. The molecule has 0 amide bonds. The van der Waals surface area contributed by atoms with E-state index >= 15 is 0 Å². The lowest BCUT2D eigenvalue weighted by atomic mass is 10.1. The van der Waals surface area contributed by atoms with Crippen LogP contribution in [0.25, 0.3) is 0 Å². The summed E-state index contributed by atoms with van der Waals surface area (Å²) in [4.78, 5) is 13.1. The summed E-state index contributed by atoms with van der Waals surface area (Å²) in [5.41, 5.74) is 1.52. The highest BCUT2D eigenvalue weighted by Crippen LogP contribution is 2.11. The van der Waals surface area contributed by atoms with Crippen LogP contribution in [0, 0.1) is 0 Å². The molecule has 1 heterocycles. The number of benzene rings is 1. The van der Waals surface area contributed by atoms with E-state index in [0.29, 0.717) is 11.6 Å². The molecule has 2 rings (SSSR count). The first-order valence-electron chi connectivity index (χ1n) is 5.94. The zero-order valence-electron chi connectivity index (χ0n) is 10.8. The molecule has 0 aromatic heterocycles. The van der Waals surface area contributed by atoms with Gasteiger partial charge in [-0.1, -0.05) is 12.1 Å². The molecule has 1 unspecified atom stereocenters. The minimum Gasteiger partial charge on any atom is -0.478 e. The Morgan fingerprint density at radius 2 is 2.00 bits per heavy atom. The van der Waals surface area contributed by atoms with Crippen molar-refractivity contribution in [2.24, 2.45) is 0 Å². The number of rotatable bonds is 3. The molecule has 19 heavy (non-hydrogen) atoms. The van der Waals surface area contributed by atoms with Gasteiger partial charge < -0.3 is 10.4 Å². The van der Waals surface area contributed by atoms with E-state index in [-0.39, 0.29) is 24.8 Å². The van der Waals surface area contributed by atoms with Crippen molar-refractivity contribution in [3.8, 4) is 0 Å². The monoisotopic (exact) mass is 306 g/mol. The lowest BCUT2D eigenvalue weighted by Gasteiger charge is -2.33. The Labute approximate surface area is 126 Å². The van der Waals surface area contributed by atoms with Crippen molar-refractivity contribution in [1.29, 1.82) is 0 Å². The molecule has 1 aromatic rings. The molecular formula is C13H20Cl2N2O2. The minimum atomic E-state index is -0.868. The van der Waals surface area contributed by atoms with E-state index < -0.39 is 5.97 Å². The molecule has 1 aliphatic heterocycles. The zero-order valence-corrected chi connectivity index (χ0v) is 12.5. The summed E-state index contributed by atoms with van der Waals surface area (Å²) >= 11 is 0. The average Bonchev–Trinajstić information content (AvgIpc) is 2.33. The standard InChI is InChI=1S/C13H18N2O2.2ClH/c1-10-8-14-6-7-15(10)9-11-2-4-12(5-3-11)13(16)17;;/h2-5,10,14H,6-9H2,1H3,(H,16,17);2*1H. The van der Waals surface area contributed by atoms with Gasteiger partial charge in [-0.25, -0.2) is 4.79 Å². The van der Waals surface area contributed by atoms with Gasteiger partial charge in [-0.05, 0) is 24.6 Å². The third kappa shape index (κ3) is 4.99. The number of carboxylic acids is 1. The van der Waals surface area contributed by atoms with Crippen molar-refractivity contribution in [2.45, 2.75) is 19.5 Å². The van der Waals surface area contributed by atoms with Crippen molar-refractivity contribution in [3.63, 3.8) is 0 Å². The summed E-state index contributed by atoms with van der Waals surface area (Å²) in [7, 11) is 0. The number of carboxylic acid groups (broad SMARTS) is 1. The third-order valence-electron chi connectivity index (χ3n) is 3.23. The maximum atomic E-state index is 10.7. The van der Waals surface area contributed by atoms with Gasteiger partial charge in [0.1, 0.15) is 0 Å². The Morgan fingerprint density at radius 3 is 2.53 bits per heavy atom. The van der Waals surface area contributed by atoms with E-state index in [1.165, 1.54) is 5.56 Å². The van der Waals surface area contributed by atoms with E-state index in [9.17, 15) is 4.79 Å². The first-order chi connectivity index (χ1) is 8.16. The Morgan fingerprint density at radius 1 is 1.37 bits per heavy atom. The predicted molar refractivity (Wildman–Crippen MR) is 80.6 cm³/mol. The highest BCUT2D eigenvalue weighted by Gasteiger charge is 2.17. The van der Waals surface area contributed by atoms with Gasteiger partial charge in [0.15, 0.2) is 0 Å². The fourth-order valence-corrected chi connectivity index (χ4v) is 2.11. The van der Waals surface area contributed by atoms with Gasteiger partial charge >= 0.3 is 5.97 Å². The first-order valence-corrected chi connectivity index (χ1v) is 5.94. The quantitative estimate of drug-likeness (QED) is 0.897. The Hall–Kier alpha value is -0.810.